The number of halogens is 2. The van der Waals surface area contributed by atoms with Gasteiger partial charge in [-0.25, -0.2) is 5.43 Å². The summed E-state index contributed by atoms with van der Waals surface area (Å²) in [5, 5.41) is 6.79. The molecule has 0 aliphatic rings. The molecule has 10 heteroatoms. The van der Waals surface area contributed by atoms with Crippen LogP contribution in [0.1, 0.15) is 15.9 Å². The second-order valence-corrected chi connectivity index (χ2v) is 8.55. The zero-order valence-corrected chi connectivity index (χ0v) is 21.5. The largest absolute Gasteiger partial charge is 0.493 e. The summed E-state index contributed by atoms with van der Waals surface area (Å²) >= 11 is 6.86. The number of hydrogen-bond acceptors (Lipinski definition) is 6. The Morgan fingerprint density at radius 1 is 0.971 bits per heavy atom. The van der Waals surface area contributed by atoms with Gasteiger partial charge in [0.2, 0.25) is 0 Å². The normalized spacial score (nSPS) is 10.6. The fraction of sp³-hybridized carbons (Fsp3) is 0.125. The molecular weight excluding hydrogens is 570 g/mol. The van der Waals surface area contributed by atoms with E-state index < -0.39 is 5.91 Å². The van der Waals surface area contributed by atoms with E-state index in [4.69, 9.17) is 14.2 Å². The molecule has 0 aromatic heterocycles. The van der Waals surface area contributed by atoms with Crippen molar-refractivity contribution in [3.8, 4) is 17.2 Å². The standard InChI is InChI=1S/C24H21Br2N3O5/c1-32-20-9-8-15(11-21(20)33-2)24(31)29-27-13-16-10-17(25)12-19(26)23(16)34-14-22(30)28-18-6-4-3-5-7-18/h3-13H,14H2,1-2H3,(H,28,30)(H,29,31)/b27-13+. The predicted octanol–water partition coefficient (Wildman–Crippen LogP) is 5.01. The number of para-hydroxylation sites is 1. The van der Waals surface area contributed by atoms with E-state index in [1.807, 2.05) is 18.2 Å². The maximum absolute atomic E-state index is 12.5. The minimum Gasteiger partial charge on any atom is -0.493 e. The number of hydrazone groups is 1. The van der Waals surface area contributed by atoms with Gasteiger partial charge < -0.3 is 19.5 Å². The van der Waals surface area contributed by atoms with E-state index in [0.717, 1.165) is 4.47 Å². The third-order valence-corrected chi connectivity index (χ3v) is 5.50. The summed E-state index contributed by atoms with van der Waals surface area (Å²) in [6.45, 7) is -0.214. The Balaban J connectivity index is 1.69. The Bertz CT molecular complexity index is 1200. The van der Waals surface area contributed by atoms with Gasteiger partial charge in [-0.2, -0.15) is 5.10 Å². The van der Waals surface area contributed by atoms with Crippen molar-refractivity contribution in [2.24, 2.45) is 5.10 Å². The first-order chi connectivity index (χ1) is 16.4. The molecule has 34 heavy (non-hydrogen) atoms. The van der Waals surface area contributed by atoms with Gasteiger partial charge >= 0.3 is 0 Å². The maximum Gasteiger partial charge on any atom is 0.271 e. The highest BCUT2D eigenvalue weighted by Crippen LogP contribution is 2.32. The lowest BCUT2D eigenvalue weighted by Gasteiger charge is -2.12. The van der Waals surface area contributed by atoms with Gasteiger partial charge in [-0.3, -0.25) is 9.59 Å². The van der Waals surface area contributed by atoms with Crippen LogP contribution in [0.2, 0.25) is 0 Å². The Kier molecular flexibility index (Phi) is 9.06. The van der Waals surface area contributed by atoms with Crippen molar-refractivity contribution in [3.63, 3.8) is 0 Å². The zero-order chi connectivity index (χ0) is 24.5. The fourth-order valence-corrected chi connectivity index (χ4v) is 4.26. The number of rotatable bonds is 9. The first-order valence-corrected chi connectivity index (χ1v) is 11.5. The smallest absolute Gasteiger partial charge is 0.271 e. The highest BCUT2D eigenvalue weighted by Gasteiger charge is 2.13. The average Bonchev–Trinajstić information content (AvgIpc) is 2.83. The molecule has 2 N–H and O–H groups in total. The van der Waals surface area contributed by atoms with Gasteiger partial charge in [0.05, 0.1) is 24.9 Å². The summed E-state index contributed by atoms with van der Waals surface area (Å²) in [4.78, 5) is 24.7. The van der Waals surface area contributed by atoms with Gasteiger partial charge in [-0.1, -0.05) is 34.1 Å². The minimum absolute atomic E-state index is 0.214. The van der Waals surface area contributed by atoms with Crippen molar-refractivity contribution in [2.45, 2.75) is 0 Å². The first-order valence-electron chi connectivity index (χ1n) is 9.93. The molecule has 0 atom stereocenters. The second kappa shape index (κ2) is 12.2. The van der Waals surface area contributed by atoms with E-state index >= 15 is 0 Å². The van der Waals surface area contributed by atoms with Crippen molar-refractivity contribution in [2.75, 3.05) is 26.1 Å². The van der Waals surface area contributed by atoms with Crippen LogP contribution in [0.5, 0.6) is 17.2 Å². The van der Waals surface area contributed by atoms with E-state index in [1.165, 1.54) is 20.4 Å². The van der Waals surface area contributed by atoms with Gasteiger partial charge in [-0.05, 0) is 58.4 Å². The third-order valence-electron chi connectivity index (χ3n) is 4.46. The van der Waals surface area contributed by atoms with Crippen molar-refractivity contribution in [3.05, 3.63) is 80.7 Å². The van der Waals surface area contributed by atoms with Gasteiger partial charge in [-0.15, -0.1) is 0 Å². The SMILES string of the molecule is COc1ccc(C(=O)N/N=C/c2cc(Br)cc(Br)c2OCC(=O)Nc2ccccc2)cc1OC. The molecule has 0 spiro atoms. The lowest BCUT2D eigenvalue weighted by Crippen LogP contribution is -2.21. The molecule has 176 valence electrons. The number of amides is 2. The summed E-state index contributed by atoms with van der Waals surface area (Å²) in [7, 11) is 3.01. The van der Waals surface area contributed by atoms with Gasteiger partial charge in [0.1, 0.15) is 5.75 Å². The summed E-state index contributed by atoms with van der Waals surface area (Å²) in [5.41, 5.74) is 4.03. The molecule has 2 amide bonds. The van der Waals surface area contributed by atoms with Gasteiger partial charge in [0, 0.05) is 21.3 Å². The summed E-state index contributed by atoms with van der Waals surface area (Å²) in [6, 6.07) is 17.4. The van der Waals surface area contributed by atoms with Crippen molar-refractivity contribution < 1.29 is 23.8 Å². The molecule has 0 saturated carbocycles. The Labute approximate surface area is 213 Å². The van der Waals surface area contributed by atoms with Crippen LogP contribution in [-0.2, 0) is 4.79 Å². The number of hydrogen-bond donors (Lipinski definition) is 2. The number of ether oxygens (including phenoxy) is 3. The zero-order valence-electron chi connectivity index (χ0n) is 18.3. The fourth-order valence-electron chi connectivity index (χ4n) is 2.89. The van der Waals surface area contributed by atoms with E-state index in [2.05, 4.69) is 47.7 Å². The maximum atomic E-state index is 12.5. The number of carbonyl (C=O) groups is 2. The molecule has 0 unspecified atom stereocenters. The Morgan fingerprint density at radius 2 is 1.71 bits per heavy atom. The van der Waals surface area contributed by atoms with Crippen LogP contribution in [-0.4, -0.2) is 38.9 Å². The van der Waals surface area contributed by atoms with Crippen LogP contribution >= 0.6 is 31.9 Å². The summed E-state index contributed by atoms with van der Waals surface area (Å²) in [6.07, 6.45) is 1.43. The predicted molar refractivity (Wildman–Crippen MR) is 137 cm³/mol. The Hall–Kier alpha value is -3.37. The third kappa shape index (κ3) is 6.82. The van der Waals surface area contributed by atoms with Crippen LogP contribution in [0.25, 0.3) is 0 Å². The molecule has 0 aliphatic heterocycles. The molecule has 3 rings (SSSR count). The van der Waals surface area contributed by atoms with E-state index in [1.54, 1.807) is 42.5 Å². The van der Waals surface area contributed by atoms with Crippen LogP contribution in [0, 0.1) is 0 Å². The molecule has 0 bridgehead atoms. The average molecular weight is 591 g/mol. The van der Waals surface area contributed by atoms with Crippen LogP contribution in [0.4, 0.5) is 5.69 Å². The molecular formula is C24H21Br2N3O5. The van der Waals surface area contributed by atoms with Crippen molar-refractivity contribution in [1.82, 2.24) is 5.43 Å². The second-order valence-electron chi connectivity index (χ2n) is 6.78. The van der Waals surface area contributed by atoms with Crippen LogP contribution in [0.15, 0.2) is 74.7 Å². The molecule has 0 saturated heterocycles. The van der Waals surface area contributed by atoms with E-state index in [-0.39, 0.29) is 12.5 Å². The quantitative estimate of drug-likeness (QED) is 0.270. The molecule has 0 heterocycles. The van der Waals surface area contributed by atoms with Crippen molar-refractivity contribution >= 4 is 55.6 Å². The van der Waals surface area contributed by atoms with E-state index in [0.29, 0.717) is 38.5 Å². The molecule has 3 aromatic rings. The molecule has 8 nitrogen and oxygen atoms in total. The number of carbonyl (C=O) groups excluding carboxylic acids is 2. The minimum atomic E-state index is -0.434. The molecule has 0 aliphatic carbocycles. The Morgan fingerprint density at radius 3 is 2.41 bits per heavy atom. The lowest BCUT2D eigenvalue weighted by atomic mass is 10.2. The van der Waals surface area contributed by atoms with E-state index in [9.17, 15) is 9.59 Å². The van der Waals surface area contributed by atoms with Crippen LogP contribution in [0.3, 0.4) is 0 Å². The highest BCUT2D eigenvalue weighted by molar-refractivity contribution is 9.11. The summed E-state index contributed by atoms with van der Waals surface area (Å²) in [5.74, 6) is 0.594. The highest BCUT2D eigenvalue weighted by atomic mass is 79.9. The number of nitrogens with zero attached hydrogens (tertiary/aromatic N) is 1. The summed E-state index contributed by atoms with van der Waals surface area (Å²) < 4.78 is 17.5. The van der Waals surface area contributed by atoms with Gasteiger partial charge in [0.25, 0.3) is 11.8 Å². The van der Waals surface area contributed by atoms with Gasteiger partial charge in [0.15, 0.2) is 18.1 Å². The molecule has 0 radical (unpaired) electrons. The van der Waals surface area contributed by atoms with Crippen molar-refractivity contribution in [1.29, 1.82) is 0 Å². The number of methoxy groups -OCH3 is 2. The number of benzene rings is 3. The first kappa shape index (κ1) is 25.3. The number of anilines is 1. The van der Waals surface area contributed by atoms with Crippen LogP contribution < -0.4 is 25.0 Å². The topological polar surface area (TPSA) is 98.3 Å². The number of nitrogens with one attached hydrogen (secondary N) is 2. The molecule has 3 aromatic carbocycles. The lowest BCUT2D eigenvalue weighted by molar-refractivity contribution is -0.118. The monoisotopic (exact) mass is 589 g/mol. The molecule has 0 fully saturated rings.